The van der Waals surface area contributed by atoms with Crippen molar-refractivity contribution < 1.29 is 24.1 Å². The van der Waals surface area contributed by atoms with Gasteiger partial charge in [0.15, 0.2) is 11.5 Å². The van der Waals surface area contributed by atoms with Gasteiger partial charge in [-0.15, -0.1) is 0 Å². The molecule has 214 valence electrons. The van der Waals surface area contributed by atoms with Crippen LogP contribution >= 0.6 is 0 Å². The van der Waals surface area contributed by atoms with Gasteiger partial charge in [0.2, 0.25) is 18.4 Å². The third-order valence-corrected chi connectivity index (χ3v) is 8.81. The quantitative estimate of drug-likeness (QED) is 0.460. The monoisotopic (exact) mass is 540 g/mol. The molecule has 4 aliphatic heterocycles. The Labute approximate surface area is 232 Å². The molecule has 39 heavy (non-hydrogen) atoms. The number of carbonyl (C=O) groups is 1. The molecule has 2 fully saturated rings. The lowest BCUT2D eigenvalue weighted by molar-refractivity contribution is -0.137. The summed E-state index contributed by atoms with van der Waals surface area (Å²) in [7, 11) is 1.65. The van der Waals surface area contributed by atoms with Gasteiger partial charge in [-0.25, -0.2) is 0 Å². The van der Waals surface area contributed by atoms with Gasteiger partial charge in [-0.05, 0) is 68.7 Å². The Bertz CT molecular complexity index is 1080. The van der Waals surface area contributed by atoms with Crippen molar-refractivity contribution in [1.29, 1.82) is 0 Å². The summed E-state index contributed by atoms with van der Waals surface area (Å²) in [5.41, 5.74) is 0.747. The molecule has 0 radical (unpaired) electrons. The summed E-state index contributed by atoms with van der Waals surface area (Å²) in [6.07, 6.45) is 11.3. The van der Waals surface area contributed by atoms with Crippen molar-refractivity contribution in [1.82, 2.24) is 14.7 Å². The Morgan fingerprint density at radius 2 is 2.18 bits per heavy atom. The van der Waals surface area contributed by atoms with E-state index in [1.165, 1.54) is 0 Å². The molecule has 2 unspecified atom stereocenters. The molecule has 1 aromatic rings. The van der Waals surface area contributed by atoms with E-state index in [9.17, 15) is 9.90 Å². The first-order valence-corrected chi connectivity index (χ1v) is 14.5. The third-order valence-electron chi connectivity index (χ3n) is 8.81. The van der Waals surface area contributed by atoms with Crippen molar-refractivity contribution in [2.24, 2.45) is 4.99 Å². The molecule has 0 saturated carbocycles. The third kappa shape index (κ3) is 6.10. The van der Waals surface area contributed by atoms with Crippen LogP contribution in [0, 0.1) is 0 Å². The first kappa shape index (κ1) is 27.9. The van der Waals surface area contributed by atoms with E-state index in [-0.39, 0.29) is 30.9 Å². The maximum absolute atomic E-state index is 14.0. The van der Waals surface area contributed by atoms with Gasteiger partial charge >= 0.3 is 0 Å². The van der Waals surface area contributed by atoms with Crippen LogP contribution in [0.3, 0.4) is 0 Å². The number of hydrogen-bond donors (Lipinski definition) is 1. The van der Waals surface area contributed by atoms with Crippen LogP contribution in [0.1, 0.15) is 63.9 Å². The number of amides is 1. The second-order valence-electron chi connectivity index (χ2n) is 11.5. The lowest BCUT2D eigenvalue weighted by Gasteiger charge is -2.40. The summed E-state index contributed by atoms with van der Waals surface area (Å²) in [6.45, 7) is 8.73. The van der Waals surface area contributed by atoms with E-state index < -0.39 is 5.54 Å². The highest BCUT2D eigenvalue weighted by atomic mass is 16.7. The van der Waals surface area contributed by atoms with E-state index in [2.05, 4.69) is 46.8 Å². The number of dihydropyridines is 1. The number of fused-ring (bicyclic) bond motifs is 1. The summed E-state index contributed by atoms with van der Waals surface area (Å²) in [4.78, 5) is 25.0. The zero-order valence-electron chi connectivity index (χ0n) is 23.7. The van der Waals surface area contributed by atoms with Gasteiger partial charge in [0.25, 0.3) is 0 Å². The van der Waals surface area contributed by atoms with Crippen molar-refractivity contribution in [3.8, 4) is 17.2 Å². The first-order chi connectivity index (χ1) is 18.9. The fourth-order valence-corrected chi connectivity index (χ4v) is 6.51. The van der Waals surface area contributed by atoms with Crippen LogP contribution in [0.4, 0.5) is 0 Å². The van der Waals surface area contributed by atoms with Crippen molar-refractivity contribution >= 4 is 12.1 Å². The molecule has 9 nitrogen and oxygen atoms in total. The van der Waals surface area contributed by atoms with E-state index in [4.69, 9.17) is 14.2 Å². The fraction of sp³-hybridized carbons (Fsp3) is 0.667. The number of unbranched alkanes of at least 4 members (excludes halogenated alkanes) is 1. The van der Waals surface area contributed by atoms with Crippen molar-refractivity contribution in [3.63, 3.8) is 0 Å². The molecule has 1 amide bonds. The summed E-state index contributed by atoms with van der Waals surface area (Å²) in [5.74, 6) is 2.47. The molecule has 1 N–H and O–H groups in total. The van der Waals surface area contributed by atoms with Crippen LogP contribution in [-0.2, 0) is 4.79 Å². The van der Waals surface area contributed by atoms with Gasteiger partial charge in [-0.3, -0.25) is 19.6 Å². The highest BCUT2D eigenvalue weighted by Gasteiger charge is 2.39. The van der Waals surface area contributed by atoms with Gasteiger partial charge in [0.05, 0.1) is 25.7 Å². The molecular weight excluding hydrogens is 496 g/mol. The fourth-order valence-electron chi connectivity index (χ4n) is 6.51. The van der Waals surface area contributed by atoms with Crippen LogP contribution in [0.25, 0.3) is 0 Å². The number of aliphatic hydroxyl groups excluding tert-OH is 1. The lowest BCUT2D eigenvalue weighted by atomic mass is 9.94. The largest absolute Gasteiger partial charge is 0.493 e. The number of nitrogens with zero attached hydrogens (tertiary/aromatic N) is 4. The first-order valence-electron chi connectivity index (χ1n) is 14.5. The molecule has 4 heterocycles. The zero-order valence-corrected chi connectivity index (χ0v) is 23.7. The maximum Gasteiger partial charge on any atom is 0.237 e. The standard InChI is InChI=1S/C30H44N4O5/c1-4-5-13-34(30(2)10-7-11-31-20-30)28(36)19-33-18-23(15-24(33)9-14-32-12-6-8-27(32)35)22-16-25(37-3)29-26(17-22)38-21-39-29/h7,10-11,16-17,23-24,27,35H,4-6,8-9,12-15,18-21H2,1-3H3/t23-,24+,27?,30?/m1/s1. The Hall–Kier alpha value is -2.62. The smallest absolute Gasteiger partial charge is 0.237 e. The van der Waals surface area contributed by atoms with Gasteiger partial charge in [0, 0.05) is 38.4 Å². The highest BCUT2D eigenvalue weighted by molar-refractivity contribution is 5.81. The summed E-state index contributed by atoms with van der Waals surface area (Å²) < 4.78 is 16.9. The number of aliphatic hydroxyl groups is 1. The number of ether oxygens (including phenoxy) is 3. The predicted octanol–water partition coefficient (Wildman–Crippen LogP) is 3.41. The summed E-state index contributed by atoms with van der Waals surface area (Å²) in [6, 6.07) is 4.37. The van der Waals surface area contributed by atoms with E-state index in [1.807, 2.05) is 17.2 Å². The average molecular weight is 541 g/mol. The highest BCUT2D eigenvalue weighted by Crippen LogP contribution is 2.45. The van der Waals surface area contributed by atoms with Crippen LogP contribution in [0.2, 0.25) is 0 Å². The van der Waals surface area contributed by atoms with Gasteiger partial charge < -0.3 is 24.2 Å². The molecule has 1 aromatic carbocycles. The normalized spacial score (nSPS) is 28.4. The number of rotatable bonds is 11. The maximum atomic E-state index is 14.0. The molecule has 4 aliphatic rings. The molecule has 9 heteroatoms. The number of allylic oxidation sites excluding steroid dienone is 1. The van der Waals surface area contributed by atoms with Crippen LogP contribution in [0.15, 0.2) is 29.3 Å². The minimum atomic E-state index is -0.403. The van der Waals surface area contributed by atoms with Crippen molar-refractivity contribution in [2.45, 2.75) is 76.1 Å². The van der Waals surface area contributed by atoms with E-state index >= 15 is 0 Å². The summed E-state index contributed by atoms with van der Waals surface area (Å²) >= 11 is 0. The lowest BCUT2D eigenvalue weighted by Crippen LogP contribution is -2.55. The van der Waals surface area contributed by atoms with E-state index in [1.54, 1.807) is 7.11 Å². The number of hydrogen-bond acceptors (Lipinski definition) is 8. The van der Waals surface area contributed by atoms with Gasteiger partial charge in [-0.1, -0.05) is 19.4 Å². The number of aliphatic imine (C=N–C) groups is 1. The second-order valence-corrected chi connectivity index (χ2v) is 11.5. The number of carbonyl (C=O) groups excluding carboxylic acids is 1. The van der Waals surface area contributed by atoms with Crippen LogP contribution in [0.5, 0.6) is 17.2 Å². The molecule has 5 rings (SSSR count). The van der Waals surface area contributed by atoms with Crippen molar-refractivity contribution in [3.05, 3.63) is 29.8 Å². The Morgan fingerprint density at radius 1 is 1.31 bits per heavy atom. The summed E-state index contributed by atoms with van der Waals surface area (Å²) in [5, 5.41) is 10.4. The molecule has 4 atom stereocenters. The van der Waals surface area contributed by atoms with Crippen LogP contribution in [-0.4, -0.2) is 103 Å². The number of methoxy groups -OCH3 is 1. The van der Waals surface area contributed by atoms with Gasteiger partial charge in [-0.2, -0.15) is 0 Å². The molecule has 2 saturated heterocycles. The molecule has 0 spiro atoms. The Morgan fingerprint density at radius 3 is 2.90 bits per heavy atom. The van der Waals surface area contributed by atoms with Crippen molar-refractivity contribution in [2.75, 3.05) is 53.2 Å². The minimum absolute atomic E-state index is 0.155. The molecule has 0 aromatic heterocycles. The number of likely N-dealkylation sites (tertiary alicyclic amines) is 2. The molecular formula is C30H44N4O5. The Balaban J connectivity index is 1.35. The van der Waals surface area contributed by atoms with Crippen LogP contribution < -0.4 is 14.2 Å². The van der Waals surface area contributed by atoms with E-state index in [0.29, 0.717) is 24.6 Å². The predicted molar refractivity (Wildman–Crippen MR) is 151 cm³/mol. The minimum Gasteiger partial charge on any atom is -0.493 e. The topological polar surface area (TPSA) is 87.1 Å². The SMILES string of the molecule is CCCCN(C(=O)CN1C[C@H](c2cc(OC)c3c(c2)OCO3)C[C@@H]1CCN1CCCC1O)C1(C)C=CC=NC1. The van der Waals surface area contributed by atoms with E-state index in [0.717, 1.165) is 76.0 Å². The number of benzene rings is 1. The van der Waals surface area contributed by atoms with Gasteiger partial charge in [0.1, 0.15) is 6.23 Å². The molecule has 0 bridgehead atoms. The second kappa shape index (κ2) is 12.3. The molecule has 0 aliphatic carbocycles. The zero-order chi connectivity index (χ0) is 27.4. The average Bonchev–Trinajstić information content (AvgIpc) is 3.67. The Kier molecular flexibility index (Phi) is 8.79.